The largest absolute Gasteiger partial charge is 0.355 e. The minimum absolute atomic E-state index is 0.0222. The van der Waals surface area contributed by atoms with Crippen molar-refractivity contribution in [3.05, 3.63) is 34.9 Å². The molecule has 1 saturated heterocycles. The monoisotopic (exact) mass is 373 g/mol. The molecule has 3 amide bonds. The summed E-state index contributed by atoms with van der Waals surface area (Å²) in [6.45, 7) is 9.87. The molecule has 0 spiro atoms. The van der Waals surface area contributed by atoms with Crippen LogP contribution in [0.25, 0.3) is 0 Å². The quantitative estimate of drug-likeness (QED) is 0.831. The van der Waals surface area contributed by atoms with E-state index in [-0.39, 0.29) is 30.2 Å². The number of nitrogens with one attached hydrogen (secondary N) is 1. The zero-order chi connectivity index (χ0) is 20.0. The lowest BCUT2D eigenvalue weighted by molar-refractivity contribution is -0.140. The first-order chi connectivity index (χ1) is 12.8. The van der Waals surface area contributed by atoms with Crippen molar-refractivity contribution in [1.82, 2.24) is 15.1 Å². The van der Waals surface area contributed by atoms with Crippen molar-refractivity contribution in [2.75, 3.05) is 32.7 Å². The second kappa shape index (κ2) is 9.53. The number of benzene rings is 1. The standard InChI is InChI=1S/C21H31N3O3/c1-5-22-19(25)14-23(6-2)20(26)17-8-7-9-24(13-17)21(27)18-11-15(3)10-16(4)12-18/h10-12,17H,5-9,13-14H2,1-4H3,(H,22,25). The number of rotatable bonds is 6. The highest BCUT2D eigenvalue weighted by Gasteiger charge is 2.31. The molecule has 0 aliphatic carbocycles. The van der Waals surface area contributed by atoms with Gasteiger partial charge in [0.05, 0.1) is 12.5 Å². The Kier molecular flexibility index (Phi) is 7.39. The molecule has 1 aromatic carbocycles. The topological polar surface area (TPSA) is 69.7 Å². The molecule has 148 valence electrons. The molecule has 1 unspecified atom stereocenters. The Labute approximate surface area is 161 Å². The predicted molar refractivity (Wildman–Crippen MR) is 105 cm³/mol. The maximum absolute atomic E-state index is 12.9. The summed E-state index contributed by atoms with van der Waals surface area (Å²) in [5.41, 5.74) is 2.79. The molecule has 1 aromatic rings. The van der Waals surface area contributed by atoms with Crippen molar-refractivity contribution in [2.45, 2.75) is 40.5 Å². The molecule has 1 atom stereocenters. The van der Waals surface area contributed by atoms with Crippen LogP contribution in [0.2, 0.25) is 0 Å². The summed E-state index contributed by atoms with van der Waals surface area (Å²) in [7, 11) is 0. The highest BCUT2D eigenvalue weighted by Crippen LogP contribution is 2.21. The Bertz CT molecular complexity index is 682. The molecule has 0 radical (unpaired) electrons. The van der Waals surface area contributed by atoms with Crippen molar-refractivity contribution in [3.8, 4) is 0 Å². The van der Waals surface area contributed by atoms with Crippen LogP contribution >= 0.6 is 0 Å². The molecular formula is C21H31N3O3. The third-order valence-corrected chi connectivity index (χ3v) is 4.93. The zero-order valence-corrected chi connectivity index (χ0v) is 16.9. The molecule has 0 bridgehead atoms. The molecule has 27 heavy (non-hydrogen) atoms. The third-order valence-electron chi connectivity index (χ3n) is 4.93. The minimum atomic E-state index is -0.247. The second-order valence-electron chi connectivity index (χ2n) is 7.27. The van der Waals surface area contributed by atoms with Gasteiger partial charge in [-0.15, -0.1) is 0 Å². The number of carbonyl (C=O) groups is 3. The summed E-state index contributed by atoms with van der Waals surface area (Å²) < 4.78 is 0. The molecule has 2 rings (SSSR count). The van der Waals surface area contributed by atoms with Gasteiger partial charge in [0.25, 0.3) is 5.91 Å². The number of aryl methyl sites for hydroxylation is 2. The Morgan fingerprint density at radius 3 is 2.41 bits per heavy atom. The van der Waals surface area contributed by atoms with E-state index in [0.29, 0.717) is 31.7 Å². The molecule has 0 aromatic heterocycles. The van der Waals surface area contributed by atoms with E-state index in [2.05, 4.69) is 5.32 Å². The minimum Gasteiger partial charge on any atom is -0.355 e. The van der Waals surface area contributed by atoms with Crippen LogP contribution in [0.1, 0.15) is 48.2 Å². The molecule has 1 fully saturated rings. The molecule has 0 saturated carbocycles. The number of hydrogen-bond acceptors (Lipinski definition) is 3. The summed E-state index contributed by atoms with van der Waals surface area (Å²) in [6, 6.07) is 5.84. The Morgan fingerprint density at radius 2 is 1.81 bits per heavy atom. The molecule has 1 aliphatic rings. The van der Waals surface area contributed by atoms with Gasteiger partial charge in [-0.3, -0.25) is 14.4 Å². The molecule has 1 N–H and O–H groups in total. The summed E-state index contributed by atoms with van der Waals surface area (Å²) in [5.74, 6) is -0.456. The lowest BCUT2D eigenvalue weighted by atomic mass is 9.95. The van der Waals surface area contributed by atoms with E-state index >= 15 is 0 Å². The van der Waals surface area contributed by atoms with Gasteiger partial charge in [-0.2, -0.15) is 0 Å². The van der Waals surface area contributed by atoms with Crippen molar-refractivity contribution < 1.29 is 14.4 Å². The fourth-order valence-electron chi connectivity index (χ4n) is 3.67. The lowest BCUT2D eigenvalue weighted by Gasteiger charge is -2.34. The van der Waals surface area contributed by atoms with Gasteiger partial charge in [-0.05, 0) is 52.7 Å². The smallest absolute Gasteiger partial charge is 0.253 e. The SMILES string of the molecule is CCNC(=O)CN(CC)C(=O)C1CCCN(C(=O)c2cc(C)cc(C)c2)C1. The Balaban J connectivity index is 2.06. The van der Waals surface area contributed by atoms with Crippen LogP contribution in [0, 0.1) is 19.8 Å². The van der Waals surface area contributed by atoms with Crippen LogP contribution < -0.4 is 5.32 Å². The Hall–Kier alpha value is -2.37. The lowest BCUT2D eigenvalue weighted by Crippen LogP contribution is -2.49. The Morgan fingerprint density at radius 1 is 1.15 bits per heavy atom. The number of likely N-dealkylation sites (N-methyl/N-ethyl adjacent to an activating group) is 2. The molecule has 6 heteroatoms. The maximum atomic E-state index is 12.9. The summed E-state index contributed by atoms with van der Waals surface area (Å²) in [4.78, 5) is 41.0. The number of amides is 3. The van der Waals surface area contributed by atoms with Crippen LogP contribution in [0.3, 0.4) is 0 Å². The summed E-state index contributed by atoms with van der Waals surface area (Å²) in [5, 5.41) is 2.73. The maximum Gasteiger partial charge on any atom is 0.253 e. The average Bonchev–Trinajstić information content (AvgIpc) is 2.64. The van der Waals surface area contributed by atoms with Gasteiger partial charge < -0.3 is 15.1 Å². The van der Waals surface area contributed by atoms with E-state index in [9.17, 15) is 14.4 Å². The zero-order valence-electron chi connectivity index (χ0n) is 16.9. The fraction of sp³-hybridized carbons (Fsp3) is 0.571. The number of carbonyl (C=O) groups excluding carboxylic acids is 3. The van der Waals surface area contributed by atoms with Crippen molar-refractivity contribution in [1.29, 1.82) is 0 Å². The van der Waals surface area contributed by atoms with E-state index in [1.807, 2.05) is 45.9 Å². The van der Waals surface area contributed by atoms with E-state index in [1.165, 1.54) is 0 Å². The van der Waals surface area contributed by atoms with Gasteiger partial charge >= 0.3 is 0 Å². The van der Waals surface area contributed by atoms with Gasteiger partial charge in [0.15, 0.2) is 0 Å². The van der Waals surface area contributed by atoms with Gasteiger partial charge in [-0.1, -0.05) is 17.2 Å². The first-order valence-corrected chi connectivity index (χ1v) is 9.78. The van der Waals surface area contributed by atoms with Gasteiger partial charge in [0.2, 0.25) is 11.8 Å². The van der Waals surface area contributed by atoms with E-state index < -0.39 is 0 Å². The number of piperidine rings is 1. The van der Waals surface area contributed by atoms with E-state index in [0.717, 1.165) is 24.0 Å². The van der Waals surface area contributed by atoms with Crippen LogP contribution in [-0.4, -0.2) is 60.2 Å². The number of nitrogens with zero attached hydrogens (tertiary/aromatic N) is 2. The first kappa shape index (κ1) is 20.9. The summed E-state index contributed by atoms with van der Waals surface area (Å²) >= 11 is 0. The first-order valence-electron chi connectivity index (χ1n) is 9.78. The normalized spacial score (nSPS) is 16.7. The van der Waals surface area contributed by atoms with Gasteiger partial charge in [0, 0.05) is 31.7 Å². The molecule has 6 nitrogen and oxygen atoms in total. The molecule has 1 aliphatic heterocycles. The highest BCUT2D eigenvalue weighted by molar-refractivity contribution is 5.95. The van der Waals surface area contributed by atoms with Gasteiger partial charge in [-0.25, -0.2) is 0 Å². The van der Waals surface area contributed by atoms with Crippen LogP contribution in [0.4, 0.5) is 0 Å². The van der Waals surface area contributed by atoms with Crippen molar-refractivity contribution >= 4 is 17.7 Å². The van der Waals surface area contributed by atoms with Gasteiger partial charge in [0.1, 0.15) is 0 Å². The number of hydrogen-bond donors (Lipinski definition) is 1. The molecule has 1 heterocycles. The van der Waals surface area contributed by atoms with Crippen LogP contribution in [-0.2, 0) is 9.59 Å². The predicted octanol–water partition coefficient (Wildman–Crippen LogP) is 2.14. The number of likely N-dealkylation sites (tertiary alicyclic amines) is 1. The second-order valence-corrected chi connectivity index (χ2v) is 7.27. The fourth-order valence-corrected chi connectivity index (χ4v) is 3.67. The molecular weight excluding hydrogens is 342 g/mol. The van der Waals surface area contributed by atoms with E-state index in [4.69, 9.17) is 0 Å². The average molecular weight is 373 g/mol. The highest BCUT2D eigenvalue weighted by atomic mass is 16.2. The summed E-state index contributed by atoms with van der Waals surface area (Å²) in [6.07, 6.45) is 1.55. The van der Waals surface area contributed by atoms with Crippen LogP contribution in [0.15, 0.2) is 18.2 Å². The van der Waals surface area contributed by atoms with Crippen molar-refractivity contribution in [3.63, 3.8) is 0 Å². The third kappa shape index (κ3) is 5.55. The van der Waals surface area contributed by atoms with E-state index in [1.54, 1.807) is 9.80 Å². The van der Waals surface area contributed by atoms with Crippen molar-refractivity contribution in [2.24, 2.45) is 5.92 Å². The van der Waals surface area contributed by atoms with Crippen LogP contribution in [0.5, 0.6) is 0 Å².